The molecule has 6 nitrogen and oxygen atoms in total. The predicted octanol–water partition coefficient (Wildman–Crippen LogP) is 1.07. The third kappa shape index (κ3) is 4.68. The lowest BCUT2D eigenvalue weighted by atomic mass is 10.1. The molecule has 1 aliphatic carbocycles. The van der Waals surface area contributed by atoms with Crippen LogP contribution in [0.15, 0.2) is 0 Å². The van der Waals surface area contributed by atoms with E-state index in [-0.39, 0.29) is 12.0 Å². The lowest BCUT2D eigenvalue weighted by Gasteiger charge is -2.10. The average molecular weight is 340 g/mol. The molecule has 0 fully saturated rings. The topological polar surface area (TPSA) is 71.9 Å². The summed E-state index contributed by atoms with van der Waals surface area (Å²) in [5, 5.41) is 6.28. The van der Waals surface area contributed by atoms with Gasteiger partial charge in [0, 0.05) is 17.8 Å². The Hall–Kier alpha value is -1.60. The van der Waals surface area contributed by atoms with Gasteiger partial charge in [-0.1, -0.05) is 0 Å². The molecule has 1 heterocycles. The number of carbonyl (C=O) groups excluding carboxylic acids is 2. The molecule has 2 amide bonds. The van der Waals surface area contributed by atoms with Crippen LogP contribution >= 0.6 is 11.3 Å². The first kappa shape index (κ1) is 17.7. The van der Waals surface area contributed by atoms with Crippen molar-refractivity contribution in [2.45, 2.75) is 32.6 Å². The van der Waals surface area contributed by atoms with Crippen LogP contribution in [0.5, 0.6) is 0 Å². The first-order chi connectivity index (χ1) is 11.0. The number of hydrogen-bond donors (Lipinski definition) is 3. The zero-order chi connectivity index (χ0) is 16.8. The summed E-state index contributed by atoms with van der Waals surface area (Å²) >= 11 is 1.50. The maximum atomic E-state index is 12.2. The second-order valence-corrected chi connectivity index (χ2v) is 7.08. The van der Waals surface area contributed by atoms with Gasteiger partial charge in [0.25, 0.3) is 0 Å². The number of anilines is 1. The number of urea groups is 1. The van der Waals surface area contributed by atoms with Gasteiger partial charge in [-0.2, -0.15) is 0 Å². The van der Waals surface area contributed by atoms with Crippen LogP contribution in [0, 0.1) is 0 Å². The molecule has 7 heteroatoms. The third-order valence-electron chi connectivity index (χ3n) is 3.77. The fourth-order valence-corrected chi connectivity index (χ4v) is 3.98. The van der Waals surface area contributed by atoms with Crippen molar-refractivity contribution in [3.05, 3.63) is 16.0 Å². The van der Waals surface area contributed by atoms with Crippen molar-refractivity contribution in [2.24, 2.45) is 0 Å². The molecule has 0 unspecified atom stereocenters. The van der Waals surface area contributed by atoms with Crippen molar-refractivity contribution < 1.29 is 19.2 Å². The van der Waals surface area contributed by atoms with E-state index in [2.05, 4.69) is 24.7 Å². The van der Waals surface area contributed by atoms with Crippen LogP contribution in [-0.4, -0.2) is 45.8 Å². The number of thiophene rings is 1. The van der Waals surface area contributed by atoms with E-state index in [1.807, 2.05) is 0 Å². The minimum atomic E-state index is -0.335. The largest absolute Gasteiger partial charge is 0.462 e. The van der Waals surface area contributed by atoms with E-state index in [0.29, 0.717) is 23.7 Å². The van der Waals surface area contributed by atoms with Gasteiger partial charge in [0.1, 0.15) is 5.00 Å². The minimum Gasteiger partial charge on any atom is -0.462 e. The molecular weight excluding hydrogens is 314 g/mol. The van der Waals surface area contributed by atoms with Crippen LogP contribution in [0.3, 0.4) is 0 Å². The third-order valence-corrected chi connectivity index (χ3v) is 4.97. The minimum absolute atomic E-state index is 0.260. The fraction of sp³-hybridized carbons (Fsp3) is 0.625. The van der Waals surface area contributed by atoms with Crippen molar-refractivity contribution in [1.82, 2.24) is 5.32 Å². The normalized spacial score (nSPS) is 13.0. The van der Waals surface area contributed by atoms with Gasteiger partial charge < -0.3 is 15.0 Å². The van der Waals surface area contributed by atoms with Crippen molar-refractivity contribution in [3.63, 3.8) is 0 Å². The summed E-state index contributed by atoms with van der Waals surface area (Å²) < 4.78 is 5.15. The molecule has 23 heavy (non-hydrogen) atoms. The number of ether oxygens (including phenoxy) is 1. The Kier molecular flexibility index (Phi) is 6.41. The van der Waals surface area contributed by atoms with Crippen molar-refractivity contribution in [3.8, 4) is 0 Å². The maximum Gasteiger partial charge on any atom is 0.341 e. The quantitative estimate of drug-likeness (QED) is 0.514. The van der Waals surface area contributed by atoms with Gasteiger partial charge in [-0.05, 0) is 31.7 Å². The second kappa shape index (κ2) is 8.31. The SMILES string of the molecule is CCOC(=O)c1c(NC(=O)NCCC[NH+](C)C)sc2c1CCC2. The standard InChI is InChI=1S/C16H25N3O3S/c1-4-22-15(20)13-11-7-5-8-12(11)23-14(13)18-16(21)17-9-6-10-19(2)3/h4-10H2,1-3H3,(H2,17,18,21)/p+1. The number of amides is 2. The van der Waals surface area contributed by atoms with E-state index >= 15 is 0 Å². The van der Waals surface area contributed by atoms with Crippen LogP contribution in [0.4, 0.5) is 9.80 Å². The van der Waals surface area contributed by atoms with Crippen LogP contribution < -0.4 is 15.5 Å². The van der Waals surface area contributed by atoms with Gasteiger partial charge in [0.05, 0.1) is 32.8 Å². The Bertz CT molecular complexity index is 569. The van der Waals surface area contributed by atoms with Crippen LogP contribution in [0.2, 0.25) is 0 Å². The Morgan fingerprint density at radius 1 is 1.30 bits per heavy atom. The number of hydrogen-bond acceptors (Lipinski definition) is 4. The Balaban J connectivity index is 1.99. The summed E-state index contributed by atoms with van der Waals surface area (Å²) in [6.45, 7) is 3.75. The lowest BCUT2D eigenvalue weighted by molar-refractivity contribution is -0.858. The van der Waals surface area contributed by atoms with E-state index < -0.39 is 0 Å². The first-order valence-electron chi connectivity index (χ1n) is 8.18. The molecule has 0 spiro atoms. The number of rotatable bonds is 7. The monoisotopic (exact) mass is 340 g/mol. The number of nitrogens with one attached hydrogen (secondary N) is 3. The highest BCUT2D eigenvalue weighted by Gasteiger charge is 2.28. The Morgan fingerprint density at radius 2 is 2.09 bits per heavy atom. The van der Waals surface area contributed by atoms with E-state index in [4.69, 9.17) is 4.74 Å². The molecule has 1 aliphatic rings. The molecule has 3 N–H and O–H groups in total. The predicted molar refractivity (Wildman–Crippen MR) is 91.6 cm³/mol. The van der Waals surface area contributed by atoms with Gasteiger partial charge in [-0.15, -0.1) is 11.3 Å². The van der Waals surface area contributed by atoms with Gasteiger partial charge in [0.15, 0.2) is 0 Å². The van der Waals surface area contributed by atoms with Crippen molar-refractivity contribution in [2.75, 3.05) is 39.1 Å². The van der Waals surface area contributed by atoms with Gasteiger partial charge in [0.2, 0.25) is 0 Å². The molecule has 1 aromatic heterocycles. The summed E-state index contributed by atoms with van der Waals surface area (Å²) in [5.74, 6) is -0.335. The zero-order valence-electron chi connectivity index (χ0n) is 14.1. The number of fused-ring (bicyclic) bond motifs is 1. The molecule has 2 rings (SSSR count). The first-order valence-corrected chi connectivity index (χ1v) is 9.00. The summed E-state index contributed by atoms with van der Waals surface area (Å²) in [4.78, 5) is 26.8. The van der Waals surface area contributed by atoms with E-state index in [0.717, 1.165) is 37.8 Å². The highest BCUT2D eigenvalue weighted by atomic mass is 32.1. The highest BCUT2D eigenvalue weighted by Crippen LogP contribution is 2.39. The maximum absolute atomic E-state index is 12.2. The molecule has 0 aromatic carbocycles. The average Bonchev–Trinajstić information content (AvgIpc) is 3.03. The number of aryl methyl sites for hydroxylation is 1. The van der Waals surface area contributed by atoms with E-state index in [1.165, 1.54) is 21.1 Å². The molecule has 0 radical (unpaired) electrons. The number of quaternary nitrogens is 1. The lowest BCUT2D eigenvalue weighted by Crippen LogP contribution is -3.05. The van der Waals surface area contributed by atoms with Gasteiger partial charge in [-0.25, -0.2) is 9.59 Å². The molecule has 0 saturated carbocycles. The van der Waals surface area contributed by atoms with E-state index in [9.17, 15) is 9.59 Å². The highest BCUT2D eigenvalue weighted by molar-refractivity contribution is 7.17. The fourth-order valence-electron chi connectivity index (χ4n) is 2.70. The van der Waals surface area contributed by atoms with Crippen LogP contribution in [0.25, 0.3) is 0 Å². The summed E-state index contributed by atoms with van der Waals surface area (Å²) in [6, 6.07) is -0.260. The smallest absolute Gasteiger partial charge is 0.341 e. The summed E-state index contributed by atoms with van der Waals surface area (Å²) in [7, 11) is 4.16. The molecule has 1 aromatic rings. The second-order valence-electron chi connectivity index (χ2n) is 5.97. The number of esters is 1. The summed E-state index contributed by atoms with van der Waals surface area (Å²) in [5.41, 5.74) is 1.61. The van der Waals surface area contributed by atoms with Crippen molar-refractivity contribution in [1.29, 1.82) is 0 Å². The molecular formula is C16H26N3O3S+. The van der Waals surface area contributed by atoms with Gasteiger partial charge >= 0.3 is 12.0 Å². The summed E-state index contributed by atoms with van der Waals surface area (Å²) in [6.07, 6.45) is 3.84. The van der Waals surface area contributed by atoms with Crippen LogP contribution in [0.1, 0.15) is 40.6 Å². The molecule has 0 atom stereocenters. The Morgan fingerprint density at radius 3 is 2.78 bits per heavy atom. The Labute approximate surface area is 141 Å². The van der Waals surface area contributed by atoms with Crippen LogP contribution in [-0.2, 0) is 17.6 Å². The zero-order valence-corrected chi connectivity index (χ0v) is 14.9. The molecule has 128 valence electrons. The molecule has 0 saturated heterocycles. The number of carbonyl (C=O) groups is 2. The molecule has 0 aliphatic heterocycles. The van der Waals surface area contributed by atoms with Gasteiger partial charge in [-0.3, -0.25) is 5.32 Å². The van der Waals surface area contributed by atoms with Crippen molar-refractivity contribution >= 4 is 28.3 Å². The van der Waals surface area contributed by atoms with E-state index in [1.54, 1.807) is 6.92 Å². The molecule has 0 bridgehead atoms.